The third kappa shape index (κ3) is 3.79. The number of rotatable bonds is 6. The average molecular weight is 384 g/mol. The Kier molecular flexibility index (Phi) is 6.02. The zero-order valence-electron chi connectivity index (χ0n) is 15.7. The molecule has 1 aliphatic rings. The number of esters is 1. The highest BCUT2D eigenvalue weighted by Crippen LogP contribution is 2.66. The number of para-hydroxylation sites is 2. The topological polar surface area (TPSA) is 49.9 Å². The summed E-state index contributed by atoms with van der Waals surface area (Å²) >= 11 is 0. The maximum atomic E-state index is 14.5. The van der Waals surface area contributed by atoms with E-state index in [2.05, 4.69) is 0 Å². The van der Waals surface area contributed by atoms with Crippen molar-refractivity contribution >= 4 is 24.8 Å². The second-order valence-electron chi connectivity index (χ2n) is 6.22. The molecule has 0 amide bonds. The molecule has 142 valence electrons. The van der Waals surface area contributed by atoms with Crippen molar-refractivity contribution in [1.82, 2.24) is 0 Å². The molecule has 2 aromatic carbocycles. The van der Waals surface area contributed by atoms with Crippen molar-refractivity contribution in [3.63, 3.8) is 0 Å². The van der Waals surface area contributed by atoms with E-state index in [1.165, 1.54) is 0 Å². The lowest BCUT2D eigenvalue weighted by atomic mass is 10.3. The molecule has 0 aliphatic carbocycles. The predicted molar refractivity (Wildman–Crippen MR) is 110 cm³/mol. The third-order valence-electron chi connectivity index (χ3n) is 4.62. The number of hydrogen-bond donors (Lipinski definition) is 0. The van der Waals surface area contributed by atoms with E-state index >= 15 is 0 Å². The van der Waals surface area contributed by atoms with Crippen LogP contribution in [0.15, 0.2) is 72.1 Å². The Balaban J connectivity index is 2.06. The molecular weight excluding hydrogens is 359 g/mol. The number of nitrogens with zero attached hydrogens (tertiary/aromatic N) is 2. The molecule has 1 aliphatic heterocycles. The van der Waals surface area contributed by atoms with Gasteiger partial charge in [0.25, 0.3) is 7.44 Å². The van der Waals surface area contributed by atoms with E-state index < -0.39 is 7.44 Å². The molecule has 0 radical (unpaired) electrons. The minimum atomic E-state index is -3.19. The molecule has 0 N–H and O–H groups in total. The summed E-state index contributed by atoms with van der Waals surface area (Å²) < 4.78 is 23.5. The molecule has 2 aromatic rings. The minimum Gasteiger partial charge on any atom is -0.466 e. The highest BCUT2D eigenvalue weighted by Gasteiger charge is 2.46. The van der Waals surface area contributed by atoms with Gasteiger partial charge >= 0.3 is 5.97 Å². The van der Waals surface area contributed by atoms with Gasteiger partial charge in [-0.25, -0.2) is 0 Å². The maximum absolute atomic E-state index is 14.5. The molecule has 0 atom stereocenters. The first kappa shape index (κ1) is 19.2. The van der Waals surface area contributed by atoms with Crippen LogP contribution in [-0.4, -0.2) is 25.7 Å². The van der Waals surface area contributed by atoms with Gasteiger partial charge in [0.2, 0.25) is 0 Å². The number of carbonyl (C=O) groups excluding carboxylic acids is 1. The Morgan fingerprint density at radius 2 is 1.48 bits per heavy atom. The second kappa shape index (κ2) is 8.45. The summed E-state index contributed by atoms with van der Waals surface area (Å²) in [6.45, 7) is 5.16. The van der Waals surface area contributed by atoms with E-state index in [9.17, 15) is 9.36 Å². The van der Waals surface area contributed by atoms with E-state index in [0.29, 0.717) is 25.0 Å². The smallest absolute Gasteiger partial charge is 0.310 e. The number of hydrogen-bond acceptors (Lipinski definition) is 3. The van der Waals surface area contributed by atoms with Gasteiger partial charge < -0.3 is 14.1 Å². The first-order valence-corrected chi connectivity index (χ1v) is 10.8. The Morgan fingerprint density at radius 1 is 1.00 bits per heavy atom. The van der Waals surface area contributed by atoms with Gasteiger partial charge in [-0.3, -0.25) is 9.36 Å². The van der Waals surface area contributed by atoms with Crippen molar-refractivity contribution in [2.45, 2.75) is 20.3 Å². The van der Waals surface area contributed by atoms with E-state index in [1.54, 1.807) is 13.0 Å². The third-order valence-corrected chi connectivity index (χ3v) is 7.96. The molecule has 6 heteroatoms. The molecule has 0 saturated carbocycles. The Labute approximate surface area is 160 Å². The SMILES string of the molecule is C/C=C(/CC(=O)OCC)P1(=O)N(c2ccccc2)CCN1c1ccccc1. The molecule has 0 unspecified atom stereocenters. The molecule has 1 fully saturated rings. The van der Waals surface area contributed by atoms with E-state index in [-0.39, 0.29) is 12.4 Å². The Bertz CT molecular complexity index is 801. The lowest BCUT2D eigenvalue weighted by Gasteiger charge is -2.34. The van der Waals surface area contributed by atoms with Gasteiger partial charge in [0.1, 0.15) is 0 Å². The average Bonchev–Trinajstić information content (AvgIpc) is 3.05. The van der Waals surface area contributed by atoms with E-state index in [1.807, 2.05) is 76.9 Å². The van der Waals surface area contributed by atoms with Crippen molar-refractivity contribution in [3.8, 4) is 0 Å². The molecular formula is C21H25N2O3P. The van der Waals surface area contributed by atoms with Crippen LogP contribution in [0.4, 0.5) is 11.4 Å². The second-order valence-corrected chi connectivity index (χ2v) is 8.85. The van der Waals surface area contributed by atoms with Gasteiger partial charge in [0, 0.05) is 29.8 Å². The lowest BCUT2D eigenvalue weighted by molar-refractivity contribution is -0.142. The van der Waals surface area contributed by atoms with Crippen LogP contribution in [0.25, 0.3) is 0 Å². The fourth-order valence-electron chi connectivity index (χ4n) is 3.41. The van der Waals surface area contributed by atoms with Crippen molar-refractivity contribution in [2.75, 3.05) is 29.0 Å². The Morgan fingerprint density at radius 3 is 1.89 bits per heavy atom. The number of anilines is 2. The largest absolute Gasteiger partial charge is 0.466 e. The Hall–Kier alpha value is -2.52. The van der Waals surface area contributed by atoms with Crippen molar-refractivity contribution in [1.29, 1.82) is 0 Å². The summed E-state index contributed by atoms with van der Waals surface area (Å²) in [4.78, 5) is 12.2. The van der Waals surface area contributed by atoms with E-state index in [4.69, 9.17) is 4.74 Å². The first-order valence-electron chi connectivity index (χ1n) is 9.18. The lowest BCUT2D eigenvalue weighted by Crippen LogP contribution is -2.21. The predicted octanol–water partition coefficient (Wildman–Crippen LogP) is 5.06. The summed E-state index contributed by atoms with van der Waals surface area (Å²) in [6, 6.07) is 19.5. The van der Waals surface area contributed by atoms with Crippen molar-refractivity contribution in [2.24, 2.45) is 0 Å². The fraction of sp³-hybridized carbons (Fsp3) is 0.286. The number of allylic oxidation sites excluding steroid dienone is 1. The van der Waals surface area contributed by atoms with Crippen LogP contribution in [0, 0.1) is 0 Å². The number of benzene rings is 2. The summed E-state index contributed by atoms with van der Waals surface area (Å²) in [5.41, 5.74) is 1.78. The maximum Gasteiger partial charge on any atom is 0.310 e. The van der Waals surface area contributed by atoms with Gasteiger partial charge in [-0.1, -0.05) is 42.5 Å². The van der Waals surface area contributed by atoms with Crippen LogP contribution in [0.3, 0.4) is 0 Å². The van der Waals surface area contributed by atoms with Gasteiger partial charge in [0.15, 0.2) is 0 Å². The van der Waals surface area contributed by atoms with Crippen LogP contribution in [0.1, 0.15) is 20.3 Å². The monoisotopic (exact) mass is 384 g/mol. The molecule has 0 bridgehead atoms. The van der Waals surface area contributed by atoms with Crippen LogP contribution in [0.2, 0.25) is 0 Å². The molecule has 0 spiro atoms. The summed E-state index contributed by atoms with van der Waals surface area (Å²) in [6.07, 6.45) is 1.82. The van der Waals surface area contributed by atoms with Crippen LogP contribution >= 0.6 is 7.44 Å². The number of ether oxygens (including phenoxy) is 1. The molecule has 1 heterocycles. The molecule has 5 nitrogen and oxygen atoms in total. The standard InChI is InChI=1S/C21H25N2O3P/c1-3-20(17-21(24)26-4-2)27(25)22(18-11-7-5-8-12-18)15-16-23(27)19-13-9-6-10-14-19/h3,5-14H,4,15-17H2,1-2H3/b20-3-. The quantitative estimate of drug-likeness (QED) is 0.514. The van der Waals surface area contributed by atoms with Crippen LogP contribution in [0.5, 0.6) is 0 Å². The first-order chi connectivity index (χ1) is 13.1. The summed E-state index contributed by atoms with van der Waals surface area (Å²) in [5.74, 6) is -0.353. The molecule has 0 aromatic heterocycles. The normalized spacial score (nSPS) is 16.4. The number of carbonyl (C=O) groups is 1. The van der Waals surface area contributed by atoms with Gasteiger partial charge in [-0.15, -0.1) is 0 Å². The van der Waals surface area contributed by atoms with Crippen molar-refractivity contribution < 1.29 is 14.1 Å². The highest BCUT2D eigenvalue weighted by atomic mass is 31.2. The molecule has 3 rings (SSSR count). The molecule has 1 saturated heterocycles. The van der Waals surface area contributed by atoms with Crippen molar-refractivity contribution in [3.05, 3.63) is 72.1 Å². The fourth-order valence-corrected chi connectivity index (χ4v) is 6.57. The van der Waals surface area contributed by atoms with Gasteiger partial charge in [-0.05, 0) is 38.1 Å². The van der Waals surface area contributed by atoms with Crippen LogP contribution < -0.4 is 9.34 Å². The van der Waals surface area contributed by atoms with E-state index in [0.717, 1.165) is 11.4 Å². The summed E-state index contributed by atoms with van der Waals surface area (Å²) in [5, 5.41) is 0.603. The van der Waals surface area contributed by atoms with Gasteiger partial charge in [-0.2, -0.15) is 0 Å². The zero-order chi connectivity index (χ0) is 19.3. The zero-order valence-corrected chi connectivity index (χ0v) is 16.6. The minimum absolute atomic E-state index is 0.0221. The molecule has 27 heavy (non-hydrogen) atoms. The van der Waals surface area contributed by atoms with Gasteiger partial charge in [0.05, 0.1) is 13.0 Å². The van der Waals surface area contributed by atoms with Crippen LogP contribution in [-0.2, 0) is 14.1 Å². The highest BCUT2D eigenvalue weighted by molar-refractivity contribution is 7.71. The summed E-state index contributed by atoms with van der Waals surface area (Å²) in [7, 11) is -3.19.